The molecule has 0 saturated carbocycles. The van der Waals surface area contributed by atoms with Gasteiger partial charge in [-0.3, -0.25) is 9.36 Å². The molecule has 2 rings (SSSR count). The van der Waals surface area contributed by atoms with Gasteiger partial charge in [-0.2, -0.15) is 0 Å². The van der Waals surface area contributed by atoms with Gasteiger partial charge in [0, 0.05) is 19.8 Å². The Kier molecular flexibility index (Phi) is 5.24. The largest absolute Gasteiger partial charge is 0.348 e. The van der Waals surface area contributed by atoms with E-state index in [4.69, 9.17) is 0 Å². The van der Waals surface area contributed by atoms with Gasteiger partial charge in [-0.1, -0.05) is 43.8 Å². The van der Waals surface area contributed by atoms with Crippen LogP contribution in [-0.2, 0) is 4.79 Å². The van der Waals surface area contributed by atoms with Crippen LogP contribution >= 0.6 is 11.8 Å². The average molecular weight is 318 g/mol. The fraction of sp³-hybridized carbons (Fsp3) is 0.438. The van der Waals surface area contributed by atoms with Gasteiger partial charge in [0.1, 0.15) is 5.82 Å². The molecule has 1 aromatic heterocycles. The number of para-hydroxylation sites is 1. The zero-order valence-corrected chi connectivity index (χ0v) is 14.5. The number of hydrogen-bond acceptors (Lipinski definition) is 4. The van der Waals surface area contributed by atoms with Crippen molar-refractivity contribution in [2.45, 2.75) is 31.2 Å². The second-order valence-corrected chi connectivity index (χ2v) is 6.82. The van der Waals surface area contributed by atoms with Gasteiger partial charge in [0.25, 0.3) is 0 Å². The van der Waals surface area contributed by atoms with Crippen molar-refractivity contribution >= 4 is 17.7 Å². The van der Waals surface area contributed by atoms with Crippen LogP contribution in [-0.4, -0.2) is 44.9 Å². The lowest BCUT2D eigenvalue weighted by atomic mass is 10.1. The molecule has 5 nitrogen and oxygen atoms in total. The van der Waals surface area contributed by atoms with Crippen molar-refractivity contribution in [1.82, 2.24) is 19.7 Å². The number of aryl methyl sites for hydroxylation is 1. The SMILES string of the molecule is Cc1nnc(SC(C(=O)N(C)C)C(C)C)n1-c1ccccc1. The lowest BCUT2D eigenvalue weighted by Gasteiger charge is -2.22. The predicted octanol–water partition coefficient (Wildman–Crippen LogP) is 2.78. The topological polar surface area (TPSA) is 51.0 Å². The minimum atomic E-state index is -0.180. The number of carbonyl (C=O) groups excluding carboxylic acids is 1. The van der Waals surface area contributed by atoms with Crippen molar-refractivity contribution in [3.05, 3.63) is 36.2 Å². The highest BCUT2D eigenvalue weighted by Gasteiger charge is 2.27. The Labute approximate surface area is 135 Å². The molecule has 0 aliphatic carbocycles. The number of benzene rings is 1. The summed E-state index contributed by atoms with van der Waals surface area (Å²) < 4.78 is 1.99. The molecule has 1 atom stereocenters. The summed E-state index contributed by atoms with van der Waals surface area (Å²) in [5, 5.41) is 9.01. The summed E-state index contributed by atoms with van der Waals surface area (Å²) in [4.78, 5) is 14.0. The van der Waals surface area contributed by atoms with Gasteiger partial charge in [0.2, 0.25) is 5.91 Å². The quantitative estimate of drug-likeness (QED) is 0.796. The number of aromatic nitrogens is 3. The van der Waals surface area contributed by atoms with E-state index in [1.54, 1.807) is 19.0 Å². The zero-order chi connectivity index (χ0) is 16.3. The number of rotatable bonds is 5. The first-order valence-electron chi connectivity index (χ1n) is 7.27. The minimum Gasteiger partial charge on any atom is -0.348 e. The molecular weight excluding hydrogens is 296 g/mol. The number of hydrogen-bond donors (Lipinski definition) is 0. The van der Waals surface area contributed by atoms with Crippen molar-refractivity contribution in [2.75, 3.05) is 14.1 Å². The molecule has 0 N–H and O–H groups in total. The van der Waals surface area contributed by atoms with Gasteiger partial charge in [-0.05, 0) is 25.0 Å². The first kappa shape index (κ1) is 16.5. The van der Waals surface area contributed by atoms with E-state index in [2.05, 4.69) is 24.0 Å². The molecular formula is C16H22N4OS. The minimum absolute atomic E-state index is 0.0975. The van der Waals surface area contributed by atoms with Crippen LogP contribution in [0.2, 0.25) is 0 Å². The lowest BCUT2D eigenvalue weighted by Crippen LogP contribution is -2.35. The maximum atomic E-state index is 12.4. The number of nitrogens with zero attached hydrogens (tertiary/aromatic N) is 4. The van der Waals surface area contributed by atoms with Gasteiger partial charge >= 0.3 is 0 Å². The standard InChI is InChI=1S/C16H22N4OS/c1-11(2)14(15(21)19(4)5)22-16-18-17-12(3)20(16)13-9-7-6-8-10-13/h6-11,14H,1-5H3. The molecule has 0 aliphatic rings. The van der Waals surface area contributed by atoms with Gasteiger partial charge in [-0.25, -0.2) is 0 Å². The van der Waals surface area contributed by atoms with Gasteiger partial charge in [0.05, 0.1) is 5.25 Å². The fourth-order valence-corrected chi connectivity index (χ4v) is 3.38. The maximum Gasteiger partial charge on any atom is 0.235 e. The van der Waals surface area contributed by atoms with Crippen LogP contribution in [0.5, 0.6) is 0 Å². The molecule has 0 radical (unpaired) electrons. The van der Waals surface area contributed by atoms with Crippen LogP contribution in [0.3, 0.4) is 0 Å². The second-order valence-electron chi connectivity index (χ2n) is 5.72. The van der Waals surface area contributed by atoms with Gasteiger partial charge in [-0.15, -0.1) is 10.2 Å². The van der Waals surface area contributed by atoms with Crippen molar-refractivity contribution in [3.63, 3.8) is 0 Å². The highest BCUT2D eigenvalue weighted by molar-refractivity contribution is 8.00. The third-order valence-electron chi connectivity index (χ3n) is 3.33. The lowest BCUT2D eigenvalue weighted by molar-refractivity contribution is -0.128. The van der Waals surface area contributed by atoms with Crippen LogP contribution < -0.4 is 0 Å². The molecule has 0 aliphatic heterocycles. The highest BCUT2D eigenvalue weighted by Crippen LogP contribution is 2.30. The smallest absolute Gasteiger partial charge is 0.235 e. The first-order chi connectivity index (χ1) is 10.4. The summed E-state index contributed by atoms with van der Waals surface area (Å²) in [5.74, 6) is 1.12. The molecule has 1 aromatic carbocycles. The molecule has 2 aromatic rings. The Hall–Kier alpha value is -1.82. The summed E-state index contributed by atoms with van der Waals surface area (Å²) in [6.07, 6.45) is 0. The summed E-state index contributed by atoms with van der Waals surface area (Å²) in [5.41, 5.74) is 1.01. The summed E-state index contributed by atoms with van der Waals surface area (Å²) >= 11 is 1.47. The molecule has 0 saturated heterocycles. The van der Waals surface area contributed by atoms with Crippen LogP contribution in [0.15, 0.2) is 35.5 Å². The first-order valence-corrected chi connectivity index (χ1v) is 8.15. The van der Waals surface area contributed by atoms with E-state index in [0.717, 1.165) is 16.7 Å². The van der Waals surface area contributed by atoms with E-state index < -0.39 is 0 Å². The average Bonchev–Trinajstić information content (AvgIpc) is 2.85. The van der Waals surface area contributed by atoms with Crippen LogP contribution in [0.4, 0.5) is 0 Å². The van der Waals surface area contributed by atoms with Crippen molar-refractivity contribution < 1.29 is 4.79 Å². The normalized spacial score (nSPS) is 12.5. The molecule has 1 amide bonds. The van der Waals surface area contributed by atoms with Crippen molar-refractivity contribution in [1.29, 1.82) is 0 Å². The van der Waals surface area contributed by atoms with Crippen LogP contribution in [0, 0.1) is 12.8 Å². The molecule has 6 heteroatoms. The zero-order valence-electron chi connectivity index (χ0n) is 13.6. The van der Waals surface area contributed by atoms with Crippen molar-refractivity contribution in [2.24, 2.45) is 5.92 Å². The third kappa shape index (κ3) is 3.50. The Bertz CT molecular complexity index is 637. The Morgan fingerprint density at radius 1 is 1.18 bits per heavy atom. The van der Waals surface area contributed by atoms with E-state index >= 15 is 0 Å². The maximum absolute atomic E-state index is 12.4. The van der Waals surface area contributed by atoms with Crippen LogP contribution in [0.1, 0.15) is 19.7 Å². The Morgan fingerprint density at radius 2 is 1.82 bits per heavy atom. The number of thioether (sulfide) groups is 1. The molecule has 0 fully saturated rings. The van der Waals surface area contributed by atoms with E-state index in [1.165, 1.54) is 11.8 Å². The van der Waals surface area contributed by atoms with Gasteiger partial charge in [0.15, 0.2) is 5.16 Å². The Balaban J connectivity index is 2.36. The molecule has 1 unspecified atom stereocenters. The second kappa shape index (κ2) is 6.96. The monoisotopic (exact) mass is 318 g/mol. The van der Waals surface area contributed by atoms with E-state index in [-0.39, 0.29) is 17.1 Å². The van der Waals surface area contributed by atoms with Crippen molar-refractivity contribution in [3.8, 4) is 5.69 Å². The molecule has 118 valence electrons. The molecule has 1 heterocycles. The molecule has 0 bridgehead atoms. The van der Waals surface area contributed by atoms with Gasteiger partial charge < -0.3 is 4.90 Å². The van der Waals surface area contributed by atoms with E-state index in [9.17, 15) is 4.79 Å². The summed E-state index contributed by atoms with van der Waals surface area (Å²) in [6.45, 7) is 6.02. The molecule has 0 spiro atoms. The van der Waals surface area contributed by atoms with E-state index in [1.807, 2.05) is 41.8 Å². The van der Waals surface area contributed by atoms with Crippen LogP contribution in [0.25, 0.3) is 5.69 Å². The third-order valence-corrected chi connectivity index (χ3v) is 4.81. The fourth-order valence-electron chi connectivity index (χ4n) is 2.13. The number of amides is 1. The predicted molar refractivity (Wildman–Crippen MR) is 89.3 cm³/mol. The highest BCUT2D eigenvalue weighted by atomic mass is 32.2. The summed E-state index contributed by atoms with van der Waals surface area (Å²) in [6, 6.07) is 9.96. The Morgan fingerprint density at radius 3 is 2.36 bits per heavy atom. The molecule has 22 heavy (non-hydrogen) atoms. The summed E-state index contributed by atoms with van der Waals surface area (Å²) in [7, 11) is 3.57. The number of carbonyl (C=O) groups is 1. The van der Waals surface area contributed by atoms with E-state index in [0.29, 0.717) is 0 Å².